The van der Waals surface area contributed by atoms with Crippen LogP contribution in [-0.4, -0.2) is 37.7 Å². The number of amides is 1. The van der Waals surface area contributed by atoms with Crippen molar-refractivity contribution >= 4 is 5.91 Å². The zero-order valence-electron chi connectivity index (χ0n) is 11.5. The topological polar surface area (TPSA) is 29.5 Å². The van der Waals surface area contributed by atoms with Crippen LogP contribution in [-0.2, 0) is 9.53 Å². The normalized spacial score (nSPS) is 13.1. The van der Waals surface area contributed by atoms with Crippen molar-refractivity contribution in [3.8, 4) is 0 Å². The first kappa shape index (κ1) is 16.5. The van der Waals surface area contributed by atoms with E-state index >= 15 is 0 Å². The lowest BCUT2D eigenvalue weighted by Crippen LogP contribution is -2.32. The van der Waals surface area contributed by atoms with E-state index in [0.29, 0.717) is 6.42 Å². The van der Waals surface area contributed by atoms with Crippen molar-refractivity contribution in [2.24, 2.45) is 0 Å². The molecule has 0 aromatic heterocycles. The Bertz CT molecular complexity index is 420. The third-order valence-electron chi connectivity index (χ3n) is 2.96. The van der Waals surface area contributed by atoms with Gasteiger partial charge in [-0.1, -0.05) is 30.3 Å². The summed E-state index contributed by atoms with van der Waals surface area (Å²) in [5.74, 6) is -0.930. The summed E-state index contributed by atoms with van der Waals surface area (Å²) in [7, 11) is 2.90. The highest BCUT2D eigenvalue weighted by Gasteiger charge is 2.32. The van der Waals surface area contributed by atoms with Crippen LogP contribution in [0.25, 0.3) is 0 Å². The molecule has 0 aliphatic heterocycles. The van der Waals surface area contributed by atoms with Gasteiger partial charge in [0.05, 0.1) is 6.10 Å². The SMILES string of the molecule is COC(CCN(C)C(=O)CC(F)(F)F)c1ccccc1. The molecule has 1 rings (SSSR count). The predicted octanol–water partition coefficient (Wildman–Crippen LogP) is 3.18. The number of hydrogen-bond acceptors (Lipinski definition) is 2. The fraction of sp³-hybridized carbons (Fsp3) is 0.500. The maximum absolute atomic E-state index is 12.1. The van der Waals surface area contributed by atoms with Gasteiger partial charge < -0.3 is 9.64 Å². The Kier molecular flexibility index (Phi) is 6.01. The molecule has 112 valence electrons. The van der Waals surface area contributed by atoms with Crippen LogP contribution in [0.1, 0.15) is 24.5 Å². The van der Waals surface area contributed by atoms with E-state index in [4.69, 9.17) is 4.74 Å². The predicted molar refractivity (Wildman–Crippen MR) is 69.1 cm³/mol. The van der Waals surface area contributed by atoms with E-state index in [1.165, 1.54) is 14.2 Å². The highest BCUT2D eigenvalue weighted by molar-refractivity contribution is 5.76. The molecule has 0 spiro atoms. The molecule has 20 heavy (non-hydrogen) atoms. The maximum Gasteiger partial charge on any atom is 0.397 e. The molecule has 0 aliphatic rings. The lowest BCUT2D eigenvalue weighted by atomic mass is 10.1. The quantitative estimate of drug-likeness (QED) is 0.805. The molecule has 1 aromatic carbocycles. The van der Waals surface area contributed by atoms with Gasteiger partial charge in [-0.15, -0.1) is 0 Å². The molecule has 0 fully saturated rings. The number of benzene rings is 1. The second kappa shape index (κ2) is 7.28. The second-order valence-electron chi connectivity index (χ2n) is 4.53. The molecule has 1 amide bonds. The molecular formula is C14H18F3NO2. The number of halogens is 3. The minimum Gasteiger partial charge on any atom is -0.377 e. The first-order valence-electron chi connectivity index (χ1n) is 6.22. The molecule has 0 aliphatic carbocycles. The molecule has 3 nitrogen and oxygen atoms in total. The third-order valence-corrected chi connectivity index (χ3v) is 2.96. The van der Waals surface area contributed by atoms with Crippen molar-refractivity contribution in [1.82, 2.24) is 4.90 Å². The maximum atomic E-state index is 12.1. The van der Waals surface area contributed by atoms with Gasteiger partial charge in [-0.2, -0.15) is 13.2 Å². The summed E-state index contributed by atoms with van der Waals surface area (Å²) in [6.07, 6.45) is -5.68. The average molecular weight is 289 g/mol. The van der Waals surface area contributed by atoms with Gasteiger partial charge in [-0.25, -0.2) is 0 Å². The first-order chi connectivity index (χ1) is 9.33. The van der Waals surface area contributed by atoms with Gasteiger partial charge >= 0.3 is 6.18 Å². The van der Waals surface area contributed by atoms with Crippen LogP contribution in [0.2, 0.25) is 0 Å². The number of carbonyl (C=O) groups excluding carboxylic acids is 1. The van der Waals surface area contributed by atoms with Gasteiger partial charge in [0.15, 0.2) is 0 Å². The lowest BCUT2D eigenvalue weighted by Gasteiger charge is -2.22. The molecule has 0 N–H and O–H groups in total. The number of alkyl halides is 3. The number of methoxy groups -OCH3 is 1. The van der Waals surface area contributed by atoms with E-state index in [9.17, 15) is 18.0 Å². The van der Waals surface area contributed by atoms with Gasteiger partial charge in [0.2, 0.25) is 5.91 Å². The zero-order valence-corrected chi connectivity index (χ0v) is 11.5. The summed E-state index contributed by atoms with van der Waals surface area (Å²) in [5.41, 5.74) is 0.937. The first-order valence-corrected chi connectivity index (χ1v) is 6.22. The van der Waals surface area contributed by atoms with Crippen molar-refractivity contribution in [3.63, 3.8) is 0 Å². The Morgan fingerprint density at radius 2 is 1.90 bits per heavy atom. The van der Waals surface area contributed by atoms with Gasteiger partial charge in [0.1, 0.15) is 6.42 Å². The molecule has 1 atom stereocenters. The second-order valence-corrected chi connectivity index (χ2v) is 4.53. The van der Waals surface area contributed by atoms with E-state index in [-0.39, 0.29) is 12.6 Å². The molecular weight excluding hydrogens is 271 g/mol. The minimum atomic E-state index is -4.47. The van der Waals surface area contributed by atoms with Gasteiger partial charge in [0.25, 0.3) is 0 Å². The molecule has 0 saturated heterocycles. The van der Waals surface area contributed by atoms with E-state index in [1.54, 1.807) is 0 Å². The summed E-state index contributed by atoms with van der Waals surface area (Å²) in [5, 5.41) is 0. The van der Waals surface area contributed by atoms with Crippen LogP contribution in [0.4, 0.5) is 13.2 Å². The number of nitrogens with zero attached hydrogens (tertiary/aromatic N) is 1. The summed E-state index contributed by atoms with van der Waals surface area (Å²) < 4.78 is 41.7. The van der Waals surface area contributed by atoms with Gasteiger partial charge in [-0.05, 0) is 12.0 Å². The highest BCUT2D eigenvalue weighted by Crippen LogP contribution is 2.22. The van der Waals surface area contributed by atoms with Crippen molar-refractivity contribution in [2.45, 2.75) is 25.1 Å². The Hall–Kier alpha value is -1.56. The number of hydrogen-bond donors (Lipinski definition) is 0. The molecule has 6 heteroatoms. The Labute approximate surface area is 116 Å². The Morgan fingerprint density at radius 3 is 2.40 bits per heavy atom. The minimum absolute atomic E-state index is 0.211. The highest BCUT2D eigenvalue weighted by atomic mass is 19.4. The van der Waals surface area contributed by atoms with Gasteiger partial charge in [0, 0.05) is 20.7 Å². The van der Waals surface area contributed by atoms with Crippen LogP contribution < -0.4 is 0 Å². The van der Waals surface area contributed by atoms with Crippen LogP contribution >= 0.6 is 0 Å². The molecule has 0 bridgehead atoms. The summed E-state index contributed by atoms with van der Waals surface area (Å²) in [4.78, 5) is 12.4. The fourth-order valence-corrected chi connectivity index (χ4v) is 1.83. The average Bonchev–Trinajstić information content (AvgIpc) is 2.38. The molecule has 0 heterocycles. The Morgan fingerprint density at radius 1 is 1.30 bits per heavy atom. The monoisotopic (exact) mass is 289 g/mol. The van der Waals surface area contributed by atoms with E-state index < -0.39 is 18.5 Å². The van der Waals surface area contributed by atoms with Crippen molar-refractivity contribution in [3.05, 3.63) is 35.9 Å². The molecule has 0 radical (unpaired) electrons. The molecule has 1 unspecified atom stereocenters. The van der Waals surface area contributed by atoms with Crippen LogP contribution in [0.5, 0.6) is 0 Å². The van der Waals surface area contributed by atoms with Crippen LogP contribution in [0.3, 0.4) is 0 Å². The largest absolute Gasteiger partial charge is 0.397 e. The zero-order chi connectivity index (χ0) is 15.2. The van der Waals surface area contributed by atoms with Crippen molar-refractivity contribution in [2.75, 3.05) is 20.7 Å². The number of rotatable bonds is 6. The van der Waals surface area contributed by atoms with Crippen LogP contribution in [0.15, 0.2) is 30.3 Å². The van der Waals surface area contributed by atoms with Gasteiger partial charge in [-0.3, -0.25) is 4.79 Å². The van der Waals surface area contributed by atoms with E-state index in [0.717, 1.165) is 10.5 Å². The summed E-state index contributed by atoms with van der Waals surface area (Å²) >= 11 is 0. The molecule has 0 saturated carbocycles. The standard InChI is InChI=1S/C14H18F3NO2/c1-18(13(19)10-14(15,16)17)9-8-12(20-2)11-6-4-3-5-7-11/h3-7,12H,8-10H2,1-2H3. The number of ether oxygens (including phenoxy) is 1. The summed E-state index contributed by atoms with van der Waals surface area (Å²) in [6.45, 7) is 0.211. The smallest absolute Gasteiger partial charge is 0.377 e. The number of carbonyl (C=O) groups is 1. The van der Waals surface area contributed by atoms with Crippen molar-refractivity contribution < 1.29 is 22.7 Å². The summed E-state index contributed by atoms with van der Waals surface area (Å²) in [6, 6.07) is 9.35. The van der Waals surface area contributed by atoms with E-state index in [2.05, 4.69) is 0 Å². The fourth-order valence-electron chi connectivity index (χ4n) is 1.83. The van der Waals surface area contributed by atoms with Crippen molar-refractivity contribution in [1.29, 1.82) is 0 Å². The van der Waals surface area contributed by atoms with Crippen LogP contribution in [0, 0.1) is 0 Å². The third kappa shape index (κ3) is 5.61. The lowest BCUT2D eigenvalue weighted by molar-refractivity contribution is -0.160. The molecule has 1 aromatic rings. The van der Waals surface area contributed by atoms with E-state index in [1.807, 2.05) is 30.3 Å². The Balaban J connectivity index is 2.50.